The normalized spacial score (nSPS) is 27.3. The molecule has 0 aromatic carbocycles. The number of sulfone groups is 1. The van der Waals surface area contributed by atoms with E-state index in [9.17, 15) is 8.42 Å². The Morgan fingerprint density at radius 1 is 1.39 bits per heavy atom. The molecule has 4 nitrogen and oxygen atoms in total. The Hall–Kier alpha value is -0.230. The smallest absolute Gasteiger partial charge is 0.157 e. The number of hydrogen-bond acceptors (Lipinski definition) is 4. The lowest BCUT2D eigenvalue weighted by Gasteiger charge is -2.32. The molecule has 1 spiro atoms. The van der Waals surface area contributed by atoms with Crippen molar-refractivity contribution in [3.8, 4) is 0 Å². The number of nitrogens with zero attached hydrogens (tertiary/aromatic N) is 1. The predicted octanol–water partition coefficient (Wildman–Crippen LogP) is 1.81. The molecular formula is C12H22N2O2S2. The van der Waals surface area contributed by atoms with Crippen LogP contribution in [0.25, 0.3) is 0 Å². The van der Waals surface area contributed by atoms with E-state index in [1.165, 1.54) is 38.4 Å². The summed E-state index contributed by atoms with van der Waals surface area (Å²) in [4.78, 5) is 4.50. The molecule has 6 heteroatoms. The largest absolute Gasteiger partial charge is 0.359 e. The van der Waals surface area contributed by atoms with Crippen LogP contribution in [0.4, 0.5) is 0 Å². The molecule has 1 saturated carbocycles. The van der Waals surface area contributed by atoms with Gasteiger partial charge in [0.15, 0.2) is 5.17 Å². The van der Waals surface area contributed by atoms with Crippen LogP contribution in [-0.2, 0) is 9.84 Å². The summed E-state index contributed by atoms with van der Waals surface area (Å²) in [7, 11) is -2.94. The van der Waals surface area contributed by atoms with Gasteiger partial charge in [0.1, 0.15) is 9.84 Å². The van der Waals surface area contributed by atoms with Gasteiger partial charge in [0, 0.05) is 17.5 Å². The summed E-state index contributed by atoms with van der Waals surface area (Å²) in [5.41, 5.74) is 0.243. The van der Waals surface area contributed by atoms with Crippen LogP contribution < -0.4 is 5.32 Å². The quantitative estimate of drug-likeness (QED) is 0.861. The second kappa shape index (κ2) is 5.41. The Morgan fingerprint density at radius 3 is 2.67 bits per heavy atom. The molecule has 1 unspecified atom stereocenters. The minimum Gasteiger partial charge on any atom is -0.359 e. The predicted molar refractivity (Wildman–Crippen MR) is 78.0 cm³/mol. The van der Waals surface area contributed by atoms with Crippen LogP contribution in [0.5, 0.6) is 0 Å². The highest BCUT2D eigenvalue weighted by atomic mass is 32.2. The molecule has 0 aromatic heterocycles. The van der Waals surface area contributed by atoms with E-state index in [2.05, 4.69) is 10.3 Å². The molecule has 1 saturated heterocycles. The zero-order valence-corrected chi connectivity index (χ0v) is 12.7. The average Bonchev–Trinajstić information content (AvgIpc) is 2.59. The maximum absolute atomic E-state index is 11.2. The van der Waals surface area contributed by atoms with Crippen molar-refractivity contribution in [1.82, 2.24) is 5.32 Å². The molecule has 0 radical (unpaired) electrons. The summed E-state index contributed by atoms with van der Waals surface area (Å²) in [6.07, 6.45) is 7.63. The summed E-state index contributed by atoms with van der Waals surface area (Å²) >= 11 is 1.75. The molecular weight excluding hydrogens is 268 g/mol. The zero-order valence-electron chi connectivity index (χ0n) is 11.1. The van der Waals surface area contributed by atoms with E-state index in [1.54, 1.807) is 11.8 Å². The lowest BCUT2D eigenvalue weighted by molar-refractivity contribution is 0.303. The van der Waals surface area contributed by atoms with Crippen molar-refractivity contribution in [2.75, 3.05) is 17.8 Å². The van der Waals surface area contributed by atoms with E-state index < -0.39 is 9.84 Å². The number of amidine groups is 1. The van der Waals surface area contributed by atoms with Crippen molar-refractivity contribution in [1.29, 1.82) is 0 Å². The van der Waals surface area contributed by atoms with Crippen LogP contribution in [0.15, 0.2) is 4.99 Å². The first-order chi connectivity index (χ1) is 8.39. The molecule has 1 heterocycles. The third-order valence-electron chi connectivity index (χ3n) is 3.55. The van der Waals surface area contributed by atoms with Crippen molar-refractivity contribution in [3.63, 3.8) is 0 Å². The summed E-state index contributed by atoms with van der Waals surface area (Å²) in [5.74, 6) is 1.21. The van der Waals surface area contributed by atoms with Crippen LogP contribution in [0, 0.1) is 0 Å². The van der Waals surface area contributed by atoms with Crippen molar-refractivity contribution < 1.29 is 8.42 Å². The highest BCUT2D eigenvalue weighted by Crippen LogP contribution is 2.36. The molecule has 18 heavy (non-hydrogen) atoms. The first kappa shape index (κ1) is 14.2. The number of aliphatic imine (C=N–C) groups is 1. The third kappa shape index (κ3) is 3.88. The Bertz CT molecular complexity index is 425. The van der Waals surface area contributed by atoms with Crippen LogP contribution in [0.3, 0.4) is 0 Å². The molecule has 2 aliphatic rings. The minimum absolute atomic E-state index is 0.131. The average molecular weight is 290 g/mol. The van der Waals surface area contributed by atoms with Crippen LogP contribution in [0.1, 0.15) is 39.0 Å². The van der Waals surface area contributed by atoms with E-state index in [0.29, 0.717) is 0 Å². The molecule has 1 atom stereocenters. The van der Waals surface area contributed by atoms with Gasteiger partial charge in [0.2, 0.25) is 0 Å². The third-order valence-corrected chi connectivity index (χ3v) is 5.82. The number of hydrogen-bond donors (Lipinski definition) is 1. The van der Waals surface area contributed by atoms with Crippen LogP contribution in [-0.4, -0.2) is 42.9 Å². The van der Waals surface area contributed by atoms with E-state index in [0.717, 1.165) is 10.9 Å². The SMILES string of the molecule is CC(CS(C)(=O)=O)N=C1NC2(CCCCC2)CS1. The first-order valence-electron chi connectivity index (χ1n) is 6.55. The Morgan fingerprint density at radius 2 is 2.06 bits per heavy atom. The van der Waals surface area contributed by atoms with Gasteiger partial charge in [-0.25, -0.2) is 8.42 Å². The lowest BCUT2D eigenvalue weighted by atomic mass is 9.83. The zero-order chi connectivity index (χ0) is 13.2. The van der Waals surface area contributed by atoms with Gasteiger partial charge in [-0.05, 0) is 19.8 Å². The van der Waals surface area contributed by atoms with Gasteiger partial charge in [-0.1, -0.05) is 31.0 Å². The van der Waals surface area contributed by atoms with Crippen molar-refractivity contribution in [2.45, 2.75) is 50.6 Å². The molecule has 2 fully saturated rings. The number of rotatable bonds is 3. The summed E-state index contributed by atoms with van der Waals surface area (Å²) in [6, 6.07) is -0.159. The second-order valence-electron chi connectivity index (χ2n) is 5.63. The van der Waals surface area contributed by atoms with E-state index in [-0.39, 0.29) is 17.3 Å². The van der Waals surface area contributed by atoms with Crippen LogP contribution in [0.2, 0.25) is 0 Å². The maximum Gasteiger partial charge on any atom is 0.157 e. The van der Waals surface area contributed by atoms with Gasteiger partial charge in [-0.15, -0.1) is 0 Å². The highest BCUT2D eigenvalue weighted by Gasteiger charge is 2.38. The second-order valence-corrected chi connectivity index (χ2v) is 8.78. The number of nitrogens with one attached hydrogen (secondary N) is 1. The van der Waals surface area contributed by atoms with Gasteiger partial charge in [0.05, 0.1) is 11.8 Å². The molecule has 0 amide bonds. The summed E-state index contributed by atoms with van der Waals surface area (Å²) < 4.78 is 22.4. The highest BCUT2D eigenvalue weighted by molar-refractivity contribution is 8.14. The Kier molecular flexibility index (Phi) is 4.26. The molecule has 1 aliphatic heterocycles. The fourth-order valence-electron chi connectivity index (χ4n) is 2.75. The Balaban J connectivity index is 1.95. The summed E-state index contributed by atoms with van der Waals surface area (Å²) in [5, 5.41) is 4.48. The van der Waals surface area contributed by atoms with E-state index >= 15 is 0 Å². The molecule has 0 bridgehead atoms. The molecule has 1 aliphatic carbocycles. The summed E-state index contributed by atoms with van der Waals surface area (Å²) in [6.45, 7) is 1.86. The van der Waals surface area contributed by atoms with Crippen molar-refractivity contribution >= 4 is 26.8 Å². The fourth-order valence-corrected chi connectivity index (χ4v) is 5.02. The monoisotopic (exact) mass is 290 g/mol. The van der Waals surface area contributed by atoms with Crippen molar-refractivity contribution in [2.24, 2.45) is 4.99 Å². The lowest BCUT2D eigenvalue weighted by Crippen LogP contribution is -2.45. The van der Waals surface area contributed by atoms with E-state index in [1.807, 2.05) is 6.92 Å². The molecule has 2 rings (SSSR count). The Labute approximate surface area is 114 Å². The van der Waals surface area contributed by atoms with Crippen LogP contribution >= 0.6 is 11.8 Å². The fraction of sp³-hybridized carbons (Fsp3) is 0.917. The van der Waals surface area contributed by atoms with E-state index in [4.69, 9.17) is 0 Å². The molecule has 0 aromatic rings. The van der Waals surface area contributed by atoms with Gasteiger partial charge < -0.3 is 5.32 Å². The molecule has 104 valence electrons. The van der Waals surface area contributed by atoms with Gasteiger partial charge in [-0.2, -0.15) is 0 Å². The standard InChI is InChI=1S/C12H22N2O2S2/c1-10(8-18(2,15)16)13-11-14-12(9-17-11)6-4-3-5-7-12/h10H,3-9H2,1-2H3,(H,13,14). The van der Waals surface area contributed by atoms with Gasteiger partial charge in [0.25, 0.3) is 0 Å². The van der Waals surface area contributed by atoms with Gasteiger partial charge >= 0.3 is 0 Å². The van der Waals surface area contributed by atoms with Gasteiger partial charge in [-0.3, -0.25) is 4.99 Å². The topological polar surface area (TPSA) is 58.5 Å². The van der Waals surface area contributed by atoms with Crippen molar-refractivity contribution in [3.05, 3.63) is 0 Å². The molecule has 1 N–H and O–H groups in total. The first-order valence-corrected chi connectivity index (χ1v) is 9.60. The number of thioether (sulfide) groups is 1. The minimum atomic E-state index is -2.94. The maximum atomic E-state index is 11.2.